The number of aromatic amines is 1. The van der Waals surface area contributed by atoms with E-state index in [1.165, 1.54) is 6.42 Å². The lowest BCUT2D eigenvalue weighted by molar-refractivity contribution is 0.338. The van der Waals surface area contributed by atoms with Crippen molar-refractivity contribution >= 4 is 0 Å². The molecule has 2 rings (SSSR count). The molecule has 2 heterocycles. The van der Waals surface area contributed by atoms with Gasteiger partial charge in [-0.2, -0.15) is 0 Å². The minimum absolute atomic E-state index is 0.453. The first-order valence-corrected chi connectivity index (χ1v) is 5.05. The van der Waals surface area contributed by atoms with Crippen LogP contribution in [-0.2, 0) is 6.42 Å². The average Bonchev–Trinajstić information content (AvgIpc) is 2.76. The molecule has 1 aliphatic rings. The standard InChI is InChI=1S/C9H15N3O2/c1-2-12-4-3-7(6-12)5-8-10-9(13)14-11-8/h7H,2-6H2,1H3,(H,10,11,13). The Bertz CT molecular complexity index is 344. The van der Waals surface area contributed by atoms with Gasteiger partial charge in [-0.15, -0.1) is 0 Å². The summed E-state index contributed by atoms with van der Waals surface area (Å²) in [6.07, 6.45) is 2.00. The van der Waals surface area contributed by atoms with Crippen LogP contribution >= 0.6 is 0 Å². The van der Waals surface area contributed by atoms with Crippen LogP contribution in [0.25, 0.3) is 0 Å². The number of hydrogen-bond acceptors (Lipinski definition) is 4. The molecule has 0 spiro atoms. The molecule has 1 aromatic heterocycles. The molecule has 0 saturated carbocycles. The van der Waals surface area contributed by atoms with Gasteiger partial charge in [0.15, 0.2) is 5.82 Å². The summed E-state index contributed by atoms with van der Waals surface area (Å²) in [5.41, 5.74) is 0. The van der Waals surface area contributed by atoms with E-state index in [0.29, 0.717) is 11.7 Å². The first-order valence-electron chi connectivity index (χ1n) is 5.05. The predicted octanol–water partition coefficient (Wildman–Crippen LogP) is 0.247. The van der Waals surface area contributed by atoms with Crippen molar-refractivity contribution in [3.63, 3.8) is 0 Å². The van der Waals surface area contributed by atoms with Crippen LogP contribution < -0.4 is 5.76 Å². The van der Waals surface area contributed by atoms with Crippen LogP contribution in [0.15, 0.2) is 9.32 Å². The van der Waals surface area contributed by atoms with Crippen LogP contribution in [-0.4, -0.2) is 34.7 Å². The molecule has 1 fully saturated rings. The van der Waals surface area contributed by atoms with Gasteiger partial charge in [0.2, 0.25) is 0 Å². The van der Waals surface area contributed by atoms with Crippen LogP contribution in [0.1, 0.15) is 19.2 Å². The Hall–Kier alpha value is -1.10. The van der Waals surface area contributed by atoms with Crippen molar-refractivity contribution in [2.75, 3.05) is 19.6 Å². The molecule has 14 heavy (non-hydrogen) atoms. The van der Waals surface area contributed by atoms with Crippen molar-refractivity contribution in [2.24, 2.45) is 5.92 Å². The summed E-state index contributed by atoms with van der Waals surface area (Å²) in [5, 5.41) is 3.67. The molecule has 0 bridgehead atoms. The Morgan fingerprint density at radius 1 is 1.71 bits per heavy atom. The number of nitrogens with one attached hydrogen (secondary N) is 1. The van der Waals surface area contributed by atoms with Gasteiger partial charge in [-0.25, -0.2) is 4.79 Å². The van der Waals surface area contributed by atoms with Gasteiger partial charge in [-0.3, -0.25) is 9.51 Å². The Morgan fingerprint density at radius 2 is 2.57 bits per heavy atom. The fourth-order valence-electron chi connectivity index (χ4n) is 1.99. The number of likely N-dealkylation sites (tertiary alicyclic amines) is 1. The van der Waals surface area contributed by atoms with Crippen LogP contribution in [0.3, 0.4) is 0 Å². The van der Waals surface area contributed by atoms with Crippen LogP contribution in [0.4, 0.5) is 0 Å². The van der Waals surface area contributed by atoms with E-state index in [0.717, 1.165) is 26.1 Å². The number of hydrogen-bond donors (Lipinski definition) is 1. The molecule has 0 amide bonds. The molecule has 0 aromatic carbocycles. The molecule has 0 radical (unpaired) electrons. The SMILES string of the molecule is CCN1CCC(Cc2noc(=O)[nH]2)C1. The predicted molar refractivity (Wildman–Crippen MR) is 51.0 cm³/mol. The monoisotopic (exact) mass is 197 g/mol. The van der Waals surface area contributed by atoms with Gasteiger partial charge < -0.3 is 4.90 Å². The largest absolute Gasteiger partial charge is 0.438 e. The third kappa shape index (κ3) is 2.04. The second kappa shape index (κ2) is 3.96. The molecular weight excluding hydrogens is 182 g/mol. The molecule has 0 aliphatic carbocycles. The normalized spacial score (nSPS) is 23.1. The minimum atomic E-state index is -0.453. The van der Waals surface area contributed by atoms with Crippen molar-refractivity contribution in [2.45, 2.75) is 19.8 Å². The molecule has 1 unspecified atom stereocenters. The lowest BCUT2D eigenvalue weighted by Crippen LogP contribution is -2.20. The highest BCUT2D eigenvalue weighted by molar-refractivity contribution is 4.86. The Labute approximate surface area is 82.1 Å². The average molecular weight is 197 g/mol. The molecule has 1 N–H and O–H groups in total. The smallest absolute Gasteiger partial charge is 0.303 e. The quantitative estimate of drug-likeness (QED) is 0.754. The lowest BCUT2D eigenvalue weighted by atomic mass is 10.1. The van der Waals surface area contributed by atoms with E-state index in [9.17, 15) is 4.79 Å². The lowest BCUT2D eigenvalue weighted by Gasteiger charge is -2.11. The van der Waals surface area contributed by atoms with Crippen molar-refractivity contribution < 1.29 is 4.52 Å². The highest BCUT2D eigenvalue weighted by atomic mass is 16.5. The summed E-state index contributed by atoms with van der Waals surface area (Å²) in [6.45, 7) is 5.53. The second-order valence-electron chi connectivity index (χ2n) is 3.79. The fraction of sp³-hybridized carbons (Fsp3) is 0.778. The fourth-order valence-corrected chi connectivity index (χ4v) is 1.99. The summed E-state index contributed by atoms with van der Waals surface area (Å²) >= 11 is 0. The van der Waals surface area contributed by atoms with Crippen molar-refractivity contribution in [3.05, 3.63) is 16.4 Å². The maximum atomic E-state index is 10.7. The first-order chi connectivity index (χ1) is 6.78. The van der Waals surface area contributed by atoms with E-state index in [-0.39, 0.29) is 0 Å². The van der Waals surface area contributed by atoms with Gasteiger partial charge in [0.1, 0.15) is 0 Å². The van der Waals surface area contributed by atoms with Crippen LogP contribution in [0, 0.1) is 5.92 Å². The summed E-state index contributed by atoms with van der Waals surface area (Å²) < 4.78 is 4.45. The molecule has 1 aliphatic heterocycles. The molecular formula is C9H15N3O2. The Morgan fingerprint density at radius 3 is 3.14 bits per heavy atom. The van der Waals surface area contributed by atoms with Gasteiger partial charge in [-0.1, -0.05) is 12.1 Å². The van der Waals surface area contributed by atoms with E-state index in [1.54, 1.807) is 0 Å². The Kier molecular flexibility index (Phi) is 2.67. The van der Waals surface area contributed by atoms with Crippen LogP contribution in [0.2, 0.25) is 0 Å². The van der Waals surface area contributed by atoms with E-state index < -0.39 is 5.76 Å². The summed E-state index contributed by atoms with van der Waals surface area (Å²) in [4.78, 5) is 15.7. The maximum absolute atomic E-state index is 10.7. The second-order valence-corrected chi connectivity index (χ2v) is 3.79. The summed E-state index contributed by atoms with van der Waals surface area (Å²) in [6, 6.07) is 0. The van der Waals surface area contributed by atoms with E-state index in [1.807, 2.05) is 0 Å². The molecule has 78 valence electrons. The number of nitrogens with zero attached hydrogens (tertiary/aromatic N) is 2. The minimum Gasteiger partial charge on any atom is -0.303 e. The topological polar surface area (TPSA) is 62.1 Å². The zero-order chi connectivity index (χ0) is 9.97. The number of aromatic nitrogens is 2. The van der Waals surface area contributed by atoms with E-state index in [2.05, 4.69) is 26.5 Å². The van der Waals surface area contributed by atoms with Crippen molar-refractivity contribution in [1.29, 1.82) is 0 Å². The number of H-pyrrole nitrogens is 1. The number of rotatable bonds is 3. The highest BCUT2D eigenvalue weighted by Gasteiger charge is 2.22. The third-order valence-electron chi connectivity index (χ3n) is 2.78. The van der Waals surface area contributed by atoms with Gasteiger partial charge in [0, 0.05) is 13.0 Å². The van der Waals surface area contributed by atoms with Gasteiger partial charge in [0.25, 0.3) is 0 Å². The highest BCUT2D eigenvalue weighted by Crippen LogP contribution is 2.18. The van der Waals surface area contributed by atoms with Gasteiger partial charge in [-0.05, 0) is 25.4 Å². The van der Waals surface area contributed by atoms with E-state index >= 15 is 0 Å². The molecule has 1 aromatic rings. The van der Waals surface area contributed by atoms with Gasteiger partial charge >= 0.3 is 5.76 Å². The van der Waals surface area contributed by atoms with Crippen LogP contribution in [0.5, 0.6) is 0 Å². The van der Waals surface area contributed by atoms with Gasteiger partial charge in [0.05, 0.1) is 0 Å². The molecule has 1 saturated heterocycles. The molecule has 1 atom stereocenters. The summed E-state index contributed by atoms with van der Waals surface area (Å²) in [5.74, 6) is 0.832. The van der Waals surface area contributed by atoms with E-state index in [4.69, 9.17) is 0 Å². The zero-order valence-electron chi connectivity index (χ0n) is 8.32. The Balaban J connectivity index is 1.90. The third-order valence-corrected chi connectivity index (χ3v) is 2.78. The van der Waals surface area contributed by atoms with Crippen molar-refractivity contribution in [3.8, 4) is 0 Å². The zero-order valence-corrected chi connectivity index (χ0v) is 8.32. The molecule has 5 heteroatoms. The van der Waals surface area contributed by atoms with Crippen molar-refractivity contribution in [1.82, 2.24) is 15.0 Å². The first kappa shape index (κ1) is 9.45. The summed E-state index contributed by atoms with van der Waals surface area (Å²) in [7, 11) is 0. The molecule has 5 nitrogen and oxygen atoms in total. The maximum Gasteiger partial charge on any atom is 0.438 e.